The highest BCUT2D eigenvalue weighted by Gasteiger charge is 2.05. The molecule has 0 saturated carbocycles. The summed E-state index contributed by atoms with van der Waals surface area (Å²) in [6.45, 7) is 1.96. The molecule has 2 rings (SSSR count). The number of aldehydes is 1. The first-order valence-electron chi connectivity index (χ1n) is 5.59. The molecule has 0 heterocycles. The van der Waals surface area contributed by atoms with Gasteiger partial charge in [0.25, 0.3) is 0 Å². The van der Waals surface area contributed by atoms with Crippen LogP contribution in [0.3, 0.4) is 0 Å². The average molecular weight is 220 g/mol. The second-order valence-corrected chi connectivity index (χ2v) is 4.19. The van der Waals surface area contributed by atoms with Crippen molar-refractivity contribution in [3.63, 3.8) is 0 Å². The maximum Gasteiger partial charge on any atom is 0.150 e. The smallest absolute Gasteiger partial charge is 0.150 e. The van der Waals surface area contributed by atoms with Gasteiger partial charge in [0.2, 0.25) is 0 Å². The van der Waals surface area contributed by atoms with Crippen LogP contribution in [0.15, 0.2) is 42.5 Å². The largest absolute Gasteiger partial charge is 0.298 e. The zero-order chi connectivity index (χ0) is 12.3. The molecule has 17 heavy (non-hydrogen) atoms. The first-order chi connectivity index (χ1) is 8.20. The summed E-state index contributed by atoms with van der Waals surface area (Å²) in [5, 5.41) is 0. The van der Waals surface area contributed by atoms with Gasteiger partial charge in [-0.25, -0.2) is 0 Å². The van der Waals surface area contributed by atoms with E-state index in [1.165, 1.54) is 5.56 Å². The average Bonchev–Trinajstić information content (AvgIpc) is 2.35. The Labute approximate surface area is 103 Å². The summed E-state index contributed by atoms with van der Waals surface area (Å²) < 4.78 is 0. The minimum absolute atomic E-state index is 0.670. The molecule has 1 nitrogen and oxygen atoms in total. The third-order valence-electron chi connectivity index (χ3n) is 2.89. The fourth-order valence-corrected chi connectivity index (χ4v) is 1.88. The molecule has 2 aromatic carbocycles. The van der Waals surface area contributed by atoms with Gasteiger partial charge in [0.15, 0.2) is 0 Å². The van der Waals surface area contributed by atoms with Gasteiger partial charge in [-0.3, -0.25) is 4.79 Å². The molecule has 0 aliphatic carbocycles. The maximum atomic E-state index is 11.0. The Balaban J connectivity index is 2.38. The van der Waals surface area contributed by atoms with Gasteiger partial charge >= 0.3 is 0 Å². The van der Waals surface area contributed by atoms with Crippen LogP contribution in [0.5, 0.6) is 0 Å². The van der Waals surface area contributed by atoms with Crippen LogP contribution in [0, 0.1) is 6.92 Å². The van der Waals surface area contributed by atoms with E-state index in [1.54, 1.807) is 6.07 Å². The molecule has 0 bridgehead atoms. The van der Waals surface area contributed by atoms with Crippen LogP contribution >= 0.6 is 0 Å². The second-order valence-electron chi connectivity index (χ2n) is 4.19. The highest BCUT2D eigenvalue weighted by molar-refractivity contribution is 6.33. The van der Waals surface area contributed by atoms with Crippen molar-refractivity contribution in [2.45, 2.75) is 13.3 Å². The molecule has 82 valence electrons. The third-order valence-corrected chi connectivity index (χ3v) is 2.89. The molecular formula is C15H13BO. The van der Waals surface area contributed by atoms with Crippen LogP contribution in [0.4, 0.5) is 0 Å². The van der Waals surface area contributed by atoms with Crippen LogP contribution in [0.2, 0.25) is 0 Å². The van der Waals surface area contributed by atoms with Crippen molar-refractivity contribution < 1.29 is 4.79 Å². The van der Waals surface area contributed by atoms with Crippen LogP contribution in [-0.4, -0.2) is 14.1 Å². The van der Waals surface area contributed by atoms with E-state index >= 15 is 0 Å². The fourth-order valence-electron chi connectivity index (χ4n) is 1.88. The number of carbonyl (C=O) groups excluding carboxylic acids is 1. The molecule has 0 spiro atoms. The molecule has 0 fully saturated rings. The molecule has 0 unspecified atom stereocenters. The maximum absolute atomic E-state index is 11.0. The second kappa shape index (κ2) is 5.00. The van der Waals surface area contributed by atoms with Gasteiger partial charge in [-0.1, -0.05) is 53.5 Å². The molecule has 0 atom stereocenters. The standard InChI is InChI=1S/C15H13BO/c1-11-7-13(14(10-17)9-15(11)16)8-12-5-3-2-4-6-12/h2-7,9-10H,8H2,1H3. The quantitative estimate of drug-likeness (QED) is 0.572. The van der Waals surface area contributed by atoms with Gasteiger partial charge in [-0.05, 0) is 24.5 Å². The van der Waals surface area contributed by atoms with Crippen LogP contribution in [-0.2, 0) is 6.42 Å². The normalized spacial score (nSPS) is 10.2. The first-order valence-corrected chi connectivity index (χ1v) is 5.59. The number of benzene rings is 2. The van der Waals surface area contributed by atoms with Gasteiger partial charge in [0, 0.05) is 5.56 Å². The minimum Gasteiger partial charge on any atom is -0.298 e. The topological polar surface area (TPSA) is 17.1 Å². The zero-order valence-corrected chi connectivity index (χ0v) is 9.81. The fraction of sp³-hybridized carbons (Fsp3) is 0.133. The number of rotatable bonds is 3. The summed E-state index contributed by atoms with van der Waals surface area (Å²) in [6.07, 6.45) is 1.63. The van der Waals surface area contributed by atoms with Gasteiger partial charge in [0.1, 0.15) is 14.1 Å². The molecular weight excluding hydrogens is 207 g/mol. The van der Waals surface area contributed by atoms with Crippen LogP contribution < -0.4 is 5.46 Å². The van der Waals surface area contributed by atoms with E-state index in [4.69, 9.17) is 7.85 Å². The van der Waals surface area contributed by atoms with Crippen molar-refractivity contribution >= 4 is 19.6 Å². The predicted octanol–water partition coefficient (Wildman–Crippen LogP) is 2.19. The summed E-state index contributed by atoms with van der Waals surface area (Å²) >= 11 is 0. The van der Waals surface area contributed by atoms with E-state index in [0.29, 0.717) is 11.0 Å². The molecule has 0 saturated heterocycles. The van der Waals surface area contributed by atoms with E-state index < -0.39 is 0 Å². The molecule has 0 amide bonds. The van der Waals surface area contributed by atoms with Gasteiger partial charge in [-0.15, -0.1) is 0 Å². The molecule has 2 heteroatoms. The minimum atomic E-state index is 0.670. The summed E-state index contributed by atoms with van der Waals surface area (Å²) in [6, 6.07) is 13.8. The van der Waals surface area contributed by atoms with E-state index in [1.807, 2.05) is 31.2 Å². The third kappa shape index (κ3) is 2.65. The Hall–Kier alpha value is -1.83. The first kappa shape index (κ1) is 11.7. The molecule has 0 aromatic heterocycles. The summed E-state index contributed by atoms with van der Waals surface area (Å²) in [5.74, 6) is 0. The Morgan fingerprint density at radius 3 is 2.53 bits per heavy atom. The van der Waals surface area contributed by atoms with E-state index in [2.05, 4.69) is 12.1 Å². The lowest BCUT2D eigenvalue weighted by Crippen LogP contribution is -2.10. The summed E-state index contributed by atoms with van der Waals surface area (Å²) in [7, 11) is 5.80. The van der Waals surface area contributed by atoms with Gasteiger partial charge in [0.05, 0.1) is 0 Å². The van der Waals surface area contributed by atoms with Crippen molar-refractivity contribution in [1.29, 1.82) is 0 Å². The molecule has 2 radical (unpaired) electrons. The highest BCUT2D eigenvalue weighted by atomic mass is 16.1. The summed E-state index contributed by atoms with van der Waals surface area (Å²) in [4.78, 5) is 11.0. The Kier molecular flexibility index (Phi) is 3.43. The Morgan fingerprint density at radius 2 is 1.88 bits per heavy atom. The number of hydrogen-bond acceptors (Lipinski definition) is 1. The molecule has 2 aromatic rings. The summed E-state index contributed by atoms with van der Waals surface area (Å²) in [5.41, 5.74) is 4.58. The van der Waals surface area contributed by atoms with E-state index in [0.717, 1.165) is 23.8 Å². The van der Waals surface area contributed by atoms with Crippen LogP contribution in [0.1, 0.15) is 27.0 Å². The molecule has 0 aliphatic rings. The van der Waals surface area contributed by atoms with E-state index in [-0.39, 0.29) is 0 Å². The predicted molar refractivity (Wildman–Crippen MR) is 71.2 cm³/mol. The molecule has 0 aliphatic heterocycles. The molecule has 0 N–H and O–H groups in total. The number of hydrogen-bond donors (Lipinski definition) is 0. The highest BCUT2D eigenvalue weighted by Crippen LogP contribution is 2.13. The van der Waals surface area contributed by atoms with E-state index in [9.17, 15) is 4.79 Å². The monoisotopic (exact) mass is 220 g/mol. The van der Waals surface area contributed by atoms with Crippen molar-refractivity contribution in [2.75, 3.05) is 0 Å². The SMILES string of the molecule is [B]c1cc(C=O)c(Cc2ccccc2)cc1C. The van der Waals surface area contributed by atoms with Gasteiger partial charge in [-0.2, -0.15) is 0 Å². The lowest BCUT2D eigenvalue weighted by Gasteiger charge is -2.09. The van der Waals surface area contributed by atoms with Crippen LogP contribution in [0.25, 0.3) is 0 Å². The Bertz CT molecular complexity index is 532. The lowest BCUT2D eigenvalue weighted by atomic mass is 9.86. The van der Waals surface area contributed by atoms with Crippen molar-refractivity contribution in [3.05, 3.63) is 64.7 Å². The number of aryl methyl sites for hydroxylation is 1. The lowest BCUT2D eigenvalue weighted by molar-refractivity contribution is 0.112. The number of carbonyl (C=O) groups is 1. The van der Waals surface area contributed by atoms with Gasteiger partial charge < -0.3 is 0 Å². The van der Waals surface area contributed by atoms with Crippen molar-refractivity contribution in [2.24, 2.45) is 0 Å². The van der Waals surface area contributed by atoms with Crippen molar-refractivity contribution in [1.82, 2.24) is 0 Å². The Morgan fingerprint density at radius 1 is 1.18 bits per heavy atom. The zero-order valence-electron chi connectivity index (χ0n) is 9.81. The van der Waals surface area contributed by atoms with Crippen molar-refractivity contribution in [3.8, 4) is 0 Å².